The number of rotatable bonds is 5. The number of methoxy groups -OCH3 is 1. The second-order valence-corrected chi connectivity index (χ2v) is 4.89. The lowest BCUT2D eigenvalue weighted by molar-refractivity contribution is -0.0426. The van der Waals surface area contributed by atoms with E-state index in [0.29, 0.717) is 24.2 Å². The van der Waals surface area contributed by atoms with Gasteiger partial charge in [0.25, 0.3) is 0 Å². The molecule has 1 fully saturated rings. The van der Waals surface area contributed by atoms with Crippen molar-refractivity contribution in [1.29, 1.82) is 0 Å². The van der Waals surface area contributed by atoms with E-state index in [9.17, 15) is 0 Å². The first-order valence-electron chi connectivity index (χ1n) is 5.99. The molecule has 3 atom stereocenters. The Morgan fingerprint density at radius 3 is 2.47 bits per heavy atom. The second-order valence-electron chi connectivity index (χ2n) is 4.89. The first-order valence-corrected chi connectivity index (χ1v) is 5.99. The molecule has 0 bridgehead atoms. The van der Waals surface area contributed by atoms with E-state index in [1.54, 1.807) is 7.11 Å². The van der Waals surface area contributed by atoms with Gasteiger partial charge in [0, 0.05) is 26.3 Å². The minimum absolute atomic E-state index is 0.393. The van der Waals surface area contributed by atoms with Crippen molar-refractivity contribution in [1.82, 2.24) is 5.32 Å². The lowest BCUT2D eigenvalue weighted by Gasteiger charge is -2.33. The minimum atomic E-state index is 0.393. The van der Waals surface area contributed by atoms with Gasteiger partial charge in [-0.15, -0.1) is 0 Å². The average Bonchev–Trinajstić information content (AvgIpc) is 2.14. The van der Waals surface area contributed by atoms with Crippen molar-refractivity contribution in [2.75, 3.05) is 20.3 Å². The maximum atomic E-state index is 5.71. The summed E-state index contributed by atoms with van der Waals surface area (Å²) in [4.78, 5) is 0. The second kappa shape index (κ2) is 6.46. The van der Waals surface area contributed by atoms with Gasteiger partial charge < -0.3 is 14.8 Å². The van der Waals surface area contributed by atoms with Crippen LogP contribution >= 0.6 is 0 Å². The standard InChI is InChI=1S/C12H25NO2/c1-9(8-14-4)7-13-12-5-10(2)15-11(3)6-12/h9-13H,5-8H2,1-4H3. The van der Waals surface area contributed by atoms with Crippen LogP contribution in [-0.4, -0.2) is 38.5 Å². The molecule has 1 heterocycles. The highest BCUT2D eigenvalue weighted by molar-refractivity contribution is 4.79. The van der Waals surface area contributed by atoms with Crippen molar-refractivity contribution in [2.24, 2.45) is 5.92 Å². The van der Waals surface area contributed by atoms with Gasteiger partial charge in [-0.05, 0) is 32.6 Å². The Labute approximate surface area is 93.5 Å². The van der Waals surface area contributed by atoms with Gasteiger partial charge in [-0.25, -0.2) is 0 Å². The molecule has 0 radical (unpaired) electrons. The SMILES string of the molecule is COCC(C)CNC1CC(C)OC(C)C1. The molecule has 1 saturated heterocycles. The highest BCUT2D eigenvalue weighted by atomic mass is 16.5. The van der Waals surface area contributed by atoms with Gasteiger partial charge in [0.2, 0.25) is 0 Å². The molecule has 1 N–H and O–H groups in total. The van der Waals surface area contributed by atoms with Crippen LogP contribution in [0.2, 0.25) is 0 Å². The van der Waals surface area contributed by atoms with Crippen LogP contribution < -0.4 is 5.32 Å². The zero-order valence-corrected chi connectivity index (χ0v) is 10.5. The van der Waals surface area contributed by atoms with Crippen LogP contribution in [-0.2, 0) is 9.47 Å². The molecule has 0 aromatic carbocycles. The molecule has 0 saturated carbocycles. The van der Waals surface area contributed by atoms with Crippen LogP contribution in [0, 0.1) is 5.92 Å². The molecule has 0 amide bonds. The zero-order valence-electron chi connectivity index (χ0n) is 10.5. The fourth-order valence-electron chi connectivity index (χ4n) is 2.28. The fraction of sp³-hybridized carbons (Fsp3) is 1.00. The van der Waals surface area contributed by atoms with Crippen molar-refractivity contribution in [2.45, 2.75) is 51.9 Å². The quantitative estimate of drug-likeness (QED) is 0.759. The molecule has 0 aliphatic carbocycles. The first kappa shape index (κ1) is 12.9. The van der Waals surface area contributed by atoms with Gasteiger partial charge >= 0.3 is 0 Å². The minimum Gasteiger partial charge on any atom is -0.384 e. The van der Waals surface area contributed by atoms with Gasteiger partial charge in [-0.3, -0.25) is 0 Å². The number of nitrogens with one attached hydrogen (secondary N) is 1. The molecular weight excluding hydrogens is 190 g/mol. The summed E-state index contributed by atoms with van der Waals surface area (Å²) in [6, 6.07) is 0.614. The Balaban J connectivity index is 2.20. The van der Waals surface area contributed by atoms with E-state index in [4.69, 9.17) is 9.47 Å². The smallest absolute Gasteiger partial charge is 0.0565 e. The largest absolute Gasteiger partial charge is 0.384 e. The summed E-state index contributed by atoms with van der Waals surface area (Å²) < 4.78 is 10.8. The van der Waals surface area contributed by atoms with Crippen molar-refractivity contribution in [3.05, 3.63) is 0 Å². The number of hydrogen-bond acceptors (Lipinski definition) is 3. The molecule has 1 rings (SSSR count). The number of ether oxygens (including phenoxy) is 2. The van der Waals surface area contributed by atoms with E-state index in [1.807, 2.05) is 0 Å². The Morgan fingerprint density at radius 1 is 1.33 bits per heavy atom. The van der Waals surface area contributed by atoms with E-state index in [1.165, 1.54) is 0 Å². The van der Waals surface area contributed by atoms with Gasteiger partial charge in [-0.2, -0.15) is 0 Å². The van der Waals surface area contributed by atoms with Gasteiger partial charge in [0.05, 0.1) is 12.2 Å². The average molecular weight is 215 g/mol. The van der Waals surface area contributed by atoms with Gasteiger partial charge in [0.1, 0.15) is 0 Å². The zero-order chi connectivity index (χ0) is 11.3. The summed E-state index contributed by atoms with van der Waals surface area (Å²) >= 11 is 0. The monoisotopic (exact) mass is 215 g/mol. The summed E-state index contributed by atoms with van der Waals surface area (Å²) in [5, 5.41) is 3.61. The highest BCUT2D eigenvalue weighted by Gasteiger charge is 2.24. The summed E-state index contributed by atoms with van der Waals surface area (Å²) in [6.07, 6.45) is 3.04. The van der Waals surface area contributed by atoms with Gasteiger partial charge in [-0.1, -0.05) is 6.92 Å². The Kier molecular flexibility index (Phi) is 5.58. The van der Waals surface area contributed by atoms with E-state index in [0.717, 1.165) is 26.0 Å². The third-order valence-corrected chi connectivity index (χ3v) is 2.90. The molecule has 1 aliphatic heterocycles. The van der Waals surface area contributed by atoms with Crippen molar-refractivity contribution >= 4 is 0 Å². The van der Waals surface area contributed by atoms with E-state index in [-0.39, 0.29) is 0 Å². The summed E-state index contributed by atoms with van der Waals surface area (Å²) in [5.74, 6) is 0.587. The molecule has 3 nitrogen and oxygen atoms in total. The first-order chi connectivity index (χ1) is 7.11. The van der Waals surface area contributed by atoms with Crippen molar-refractivity contribution in [3.8, 4) is 0 Å². The van der Waals surface area contributed by atoms with E-state index in [2.05, 4.69) is 26.1 Å². The Morgan fingerprint density at radius 2 is 1.93 bits per heavy atom. The van der Waals surface area contributed by atoms with E-state index < -0.39 is 0 Å². The summed E-state index contributed by atoms with van der Waals surface area (Å²) in [7, 11) is 1.76. The third-order valence-electron chi connectivity index (χ3n) is 2.90. The lowest BCUT2D eigenvalue weighted by atomic mass is 9.99. The molecule has 3 unspecified atom stereocenters. The molecular formula is C12H25NO2. The summed E-state index contributed by atoms with van der Waals surface area (Å²) in [5.41, 5.74) is 0. The third kappa shape index (κ3) is 4.96. The van der Waals surface area contributed by atoms with E-state index >= 15 is 0 Å². The Hall–Kier alpha value is -0.120. The predicted octanol–water partition coefficient (Wildman–Crippen LogP) is 1.81. The maximum absolute atomic E-state index is 5.71. The molecule has 0 aromatic rings. The van der Waals surface area contributed by atoms with Crippen LogP contribution in [0.25, 0.3) is 0 Å². The van der Waals surface area contributed by atoms with Crippen LogP contribution in [0.4, 0.5) is 0 Å². The van der Waals surface area contributed by atoms with Crippen molar-refractivity contribution < 1.29 is 9.47 Å². The van der Waals surface area contributed by atoms with Gasteiger partial charge in [0.15, 0.2) is 0 Å². The molecule has 15 heavy (non-hydrogen) atoms. The fourth-order valence-corrected chi connectivity index (χ4v) is 2.28. The predicted molar refractivity (Wildman–Crippen MR) is 62.1 cm³/mol. The maximum Gasteiger partial charge on any atom is 0.0565 e. The normalized spacial score (nSPS) is 34.0. The lowest BCUT2D eigenvalue weighted by Crippen LogP contribution is -2.43. The number of hydrogen-bond donors (Lipinski definition) is 1. The molecule has 90 valence electrons. The molecule has 1 aliphatic rings. The topological polar surface area (TPSA) is 30.5 Å². The highest BCUT2D eigenvalue weighted by Crippen LogP contribution is 2.18. The molecule has 0 aromatic heterocycles. The summed E-state index contributed by atoms with van der Waals surface area (Å²) in [6.45, 7) is 8.40. The van der Waals surface area contributed by atoms with Crippen LogP contribution in [0.1, 0.15) is 33.6 Å². The molecule has 3 heteroatoms. The van der Waals surface area contributed by atoms with Crippen molar-refractivity contribution in [3.63, 3.8) is 0 Å². The Bertz CT molecular complexity index is 165. The molecule has 0 spiro atoms. The van der Waals surface area contributed by atoms with Crippen LogP contribution in [0.3, 0.4) is 0 Å². The van der Waals surface area contributed by atoms with Crippen LogP contribution in [0.15, 0.2) is 0 Å². The van der Waals surface area contributed by atoms with Crippen LogP contribution in [0.5, 0.6) is 0 Å².